The number of aromatic hydroxyl groups is 1. The van der Waals surface area contributed by atoms with E-state index in [0.29, 0.717) is 10.5 Å². The first-order valence-electron chi connectivity index (χ1n) is 7.54. The molecule has 0 aliphatic heterocycles. The number of nitrogens with one attached hydrogen (secondary N) is 1. The van der Waals surface area contributed by atoms with Gasteiger partial charge in [0, 0.05) is 16.7 Å². The number of nitrogens with zero attached hydrogens (tertiary/aromatic N) is 2. The van der Waals surface area contributed by atoms with Crippen LogP contribution in [0.2, 0.25) is 5.02 Å². The second-order valence-electron chi connectivity index (χ2n) is 5.86. The van der Waals surface area contributed by atoms with Crippen LogP contribution in [0, 0.1) is 6.92 Å². The van der Waals surface area contributed by atoms with Crippen molar-refractivity contribution in [1.29, 1.82) is 0 Å². The van der Waals surface area contributed by atoms with Crippen LogP contribution in [-0.4, -0.2) is 23.1 Å². The van der Waals surface area contributed by atoms with E-state index in [1.807, 2.05) is 11.5 Å². The Morgan fingerprint density at radius 2 is 2.04 bits per heavy atom. The zero-order valence-corrected chi connectivity index (χ0v) is 16.1. The zero-order valence-electron chi connectivity index (χ0n) is 13.0. The van der Waals surface area contributed by atoms with Crippen LogP contribution in [0.1, 0.15) is 37.5 Å². The van der Waals surface area contributed by atoms with Crippen molar-refractivity contribution >= 4 is 43.4 Å². The molecule has 3 rings (SSSR count). The van der Waals surface area contributed by atoms with E-state index < -0.39 is 15.8 Å². The van der Waals surface area contributed by atoms with Crippen LogP contribution >= 0.6 is 27.5 Å². The maximum absolute atomic E-state index is 12.6. The Bertz CT molecular complexity index is 876. The molecule has 9 heteroatoms. The quantitative estimate of drug-likeness (QED) is 0.754. The number of hydrogen-bond donors (Lipinski definition) is 2. The molecule has 1 fully saturated rings. The smallest absolute Gasteiger partial charge is 0.266 e. The van der Waals surface area contributed by atoms with Crippen molar-refractivity contribution in [3.8, 4) is 5.75 Å². The van der Waals surface area contributed by atoms with E-state index in [0.717, 1.165) is 18.7 Å². The lowest BCUT2D eigenvalue weighted by molar-refractivity contribution is 0.459. The highest BCUT2D eigenvalue weighted by atomic mass is 79.9. The normalized spacial score (nSPS) is 15.8. The lowest BCUT2D eigenvalue weighted by atomic mass is 10.2. The molecule has 0 amide bonds. The van der Waals surface area contributed by atoms with E-state index in [1.54, 1.807) is 6.20 Å². The lowest BCUT2D eigenvalue weighted by Gasteiger charge is -2.12. The molecule has 0 atom stereocenters. The maximum Gasteiger partial charge on any atom is 0.266 e. The van der Waals surface area contributed by atoms with Gasteiger partial charge in [-0.3, -0.25) is 4.72 Å². The summed E-state index contributed by atoms with van der Waals surface area (Å²) in [5.74, 6) is 0.505. The number of phenols is 1. The van der Waals surface area contributed by atoms with Crippen LogP contribution in [-0.2, 0) is 10.0 Å². The molecule has 1 aliphatic carbocycles. The molecule has 0 spiro atoms. The predicted molar refractivity (Wildman–Crippen MR) is 96.1 cm³/mol. The number of benzene rings is 1. The van der Waals surface area contributed by atoms with E-state index in [1.165, 1.54) is 25.0 Å². The highest BCUT2D eigenvalue weighted by Crippen LogP contribution is 2.35. The Morgan fingerprint density at radius 3 is 2.71 bits per heavy atom. The molecule has 6 nitrogen and oxygen atoms in total. The molecular formula is C15H17BrClN3O3S. The first kappa shape index (κ1) is 17.6. The van der Waals surface area contributed by atoms with Gasteiger partial charge >= 0.3 is 0 Å². The molecule has 0 bridgehead atoms. The molecule has 1 aromatic carbocycles. The van der Waals surface area contributed by atoms with Gasteiger partial charge in [-0.1, -0.05) is 40.4 Å². The van der Waals surface area contributed by atoms with Crippen molar-refractivity contribution in [2.45, 2.75) is 43.5 Å². The minimum Gasteiger partial charge on any atom is -0.505 e. The van der Waals surface area contributed by atoms with Gasteiger partial charge < -0.3 is 9.67 Å². The minimum absolute atomic E-state index is 0.0441. The third-order valence-corrected chi connectivity index (χ3v) is 6.27. The zero-order chi connectivity index (χ0) is 17.5. The summed E-state index contributed by atoms with van der Waals surface area (Å²) in [4.78, 5) is 3.99. The fourth-order valence-electron chi connectivity index (χ4n) is 3.03. The van der Waals surface area contributed by atoms with Crippen molar-refractivity contribution in [2.24, 2.45) is 0 Å². The molecule has 0 saturated heterocycles. The number of hydrogen-bond acceptors (Lipinski definition) is 4. The Balaban J connectivity index is 1.92. The highest BCUT2D eigenvalue weighted by Gasteiger charge is 2.24. The Kier molecular flexibility index (Phi) is 4.81. The van der Waals surface area contributed by atoms with Gasteiger partial charge in [0.05, 0.1) is 5.02 Å². The average molecular weight is 435 g/mol. The van der Waals surface area contributed by atoms with Crippen molar-refractivity contribution in [2.75, 3.05) is 4.72 Å². The first-order valence-corrected chi connectivity index (χ1v) is 10.2. The van der Waals surface area contributed by atoms with Gasteiger partial charge in [0.15, 0.2) is 11.6 Å². The fraction of sp³-hybridized carbons (Fsp3) is 0.400. The number of aromatic nitrogens is 2. The van der Waals surface area contributed by atoms with Gasteiger partial charge in [-0.05, 0) is 31.9 Å². The second-order valence-corrected chi connectivity index (χ2v) is 8.83. The number of rotatable bonds is 4. The largest absolute Gasteiger partial charge is 0.505 e. The van der Waals surface area contributed by atoms with Crippen molar-refractivity contribution in [1.82, 2.24) is 9.55 Å². The minimum atomic E-state index is -4.01. The van der Waals surface area contributed by atoms with E-state index in [-0.39, 0.29) is 15.7 Å². The highest BCUT2D eigenvalue weighted by molar-refractivity contribution is 9.10. The van der Waals surface area contributed by atoms with Crippen molar-refractivity contribution < 1.29 is 13.5 Å². The van der Waals surface area contributed by atoms with E-state index in [2.05, 4.69) is 25.6 Å². The summed E-state index contributed by atoms with van der Waals surface area (Å²) in [6, 6.07) is 3.09. The third kappa shape index (κ3) is 3.41. The van der Waals surface area contributed by atoms with Crippen LogP contribution < -0.4 is 4.72 Å². The number of sulfonamides is 1. The number of anilines is 1. The van der Waals surface area contributed by atoms with Gasteiger partial charge in [0.2, 0.25) is 0 Å². The summed E-state index contributed by atoms with van der Waals surface area (Å²) >= 11 is 9.03. The Labute approximate surface area is 154 Å². The summed E-state index contributed by atoms with van der Waals surface area (Å²) in [6.45, 7) is 1.85. The van der Waals surface area contributed by atoms with Crippen molar-refractivity contribution in [3.63, 3.8) is 0 Å². The van der Waals surface area contributed by atoms with E-state index in [9.17, 15) is 13.5 Å². The molecule has 1 saturated carbocycles. The number of halogens is 2. The van der Waals surface area contributed by atoms with Crippen LogP contribution in [0.4, 0.5) is 5.82 Å². The molecule has 24 heavy (non-hydrogen) atoms. The van der Waals surface area contributed by atoms with Crippen LogP contribution in [0.15, 0.2) is 27.7 Å². The number of phenolic OH excluding ortho intramolecular Hbond substituents is 1. The monoisotopic (exact) mass is 433 g/mol. The van der Waals surface area contributed by atoms with Gasteiger partial charge in [-0.2, -0.15) is 0 Å². The van der Waals surface area contributed by atoms with Crippen LogP contribution in [0.25, 0.3) is 0 Å². The maximum atomic E-state index is 12.6. The second kappa shape index (κ2) is 6.57. The van der Waals surface area contributed by atoms with Crippen molar-refractivity contribution in [3.05, 3.63) is 33.6 Å². The van der Waals surface area contributed by atoms with E-state index >= 15 is 0 Å². The summed E-state index contributed by atoms with van der Waals surface area (Å²) in [7, 11) is -4.01. The van der Waals surface area contributed by atoms with Gasteiger partial charge in [0.1, 0.15) is 10.7 Å². The molecule has 0 radical (unpaired) electrons. The Hall–Kier alpha value is -1.25. The SMILES string of the molecule is Cc1nc(NS(=O)(=O)c2cc(Br)cc(Cl)c2O)cn1C1CCCC1. The molecule has 130 valence electrons. The lowest BCUT2D eigenvalue weighted by Crippen LogP contribution is -2.13. The van der Waals surface area contributed by atoms with Crippen LogP contribution in [0.3, 0.4) is 0 Å². The van der Waals surface area contributed by atoms with Gasteiger partial charge in [-0.15, -0.1) is 0 Å². The molecular weight excluding hydrogens is 418 g/mol. The third-order valence-electron chi connectivity index (χ3n) is 4.16. The molecule has 2 N–H and O–H groups in total. The predicted octanol–water partition coefficient (Wildman–Crippen LogP) is 4.23. The van der Waals surface area contributed by atoms with E-state index in [4.69, 9.17) is 11.6 Å². The molecule has 2 aromatic rings. The summed E-state index contributed by atoms with van der Waals surface area (Å²) < 4.78 is 30.0. The summed E-state index contributed by atoms with van der Waals surface area (Å²) in [6.07, 6.45) is 6.21. The van der Waals surface area contributed by atoms with Crippen LogP contribution in [0.5, 0.6) is 5.75 Å². The summed E-state index contributed by atoms with van der Waals surface area (Å²) in [5, 5.41) is 9.93. The first-order chi connectivity index (χ1) is 11.3. The molecule has 1 heterocycles. The topological polar surface area (TPSA) is 84.2 Å². The number of aryl methyl sites for hydroxylation is 1. The molecule has 0 unspecified atom stereocenters. The van der Waals surface area contributed by atoms with Gasteiger partial charge in [0.25, 0.3) is 10.0 Å². The summed E-state index contributed by atoms with van der Waals surface area (Å²) in [5.41, 5.74) is 0. The Morgan fingerprint density at radius 1 is 1.38 bits per heavy atom. The van der Waals surface area contributed by atoms with Gasteiger partial charge in [-0.25, -0.2) is 13.4 Å². The molecule has 1 aliphatic rings. The number of imidazole rings is 1. The average Bonchev–Trinajstić information content (AvgIpc) is 3.11. The fourth-order valence-corrected chi connectivity index (χ4v) is 5.17. The standard InChI is InChI=1S/C15H17BrClN3O3S/c1-9-18-14(8-20(9)11-4-2-3-5-11)19-24(22,23)13-7-10(16)6-12(17)15(13)21/h6-8,11,19,21H,2-5H2,1H3. The molecule has 1 aromatic heterocycles.